The molecule has 19 heavy (non-hydrogen) atoms. The topological polar surface area (TPSA) is 55.1 Å². The molecule has 2 rings (SSSR count). The van der Waals surface area contributed by atoms with Gasteiger partial charge in [0.25, 0.3) is 0 Å². The Hall–Kier alpha value is -1.00. The van der Waals surface area contributed by atoms with Gasteiger partial charge in [0, 0.05) is 16.2 Å². The summed E-state index contributed by atoms with van der Waals surface area (Å²) in [6, 6.07) is 8.63. The van der Waals surface area contributed by atoms with Crippen LogP contribution < -0.4 is 11.1 Å². The summed E-state index contributed by atoms with van der Waals surface area (Å²) in [5, 5.41) is 2.96. The summed E-state index contributed by atoms with van der Waals surface area (Å²) in [6.07, 6.45) is 4.82. The quantitative estimate of drug-likeness (QED) is 0.870. The van der Waals surface area contributed by atoms with Crippen molar-refractivity contribution in [2.75, 3.05) is 13.1 Å². The van der Waals surface area contributed by atoms with Crippen LogP contribution in [0.3, 0.4) is 0 Å². The maximum atomic E-state index is 11.4. The van der Waals surface area contributed by atoms with Gasteiger partial charge in [0.1, 0.15) is 0 Å². The van der Waals surface area contributed by atoms with Gasteiger partial charge in [0.05, 0.1) is 6.54 Å². The Morgan fingerprint density at radius 2 is 1.95 bits per heavy atom. The molecule has 1 aliphatic rings. The van der Waals surface area contributed by atoms with E-state index in [1.165, 1.54) is 23.3 Å². The fraction of sp³-hybridized carbons (Fsp3) is 0.533. The lowest BCUT2D eigenvalue weighted by atomic mass is 10.1. The second kappa shape index (κ2) is 6.44. The van der Waals surface area contributed by atoms with E-state index in [1.807, 2.05) is 11.8 Å². The van der Waals surface area contributed by atoms with Crippen molar-refractivity contribution in [1.82, 2.24) is 5.32 Å². The van der Waals surface area contributed by atoms with Crippen LogP contribution in [0, 0.1) is 6.92 Å². The van der Waals surface area contributed by atoms with Crippen molar-refractivity contribution in [3.05, 3.63) is 29.8 Å². The van der Waals surface area contributed by atoms with E-state index in [-0.39, 0.29) is 17.2 Å². The van der Waals surface area contributed by atoms with Crippen molar-refractivity contribution < 1.29 is 4.79 Å². The Morgan fingerprint density at radius 1 is 1.32 bits per heavy atom. The summed E-state index contributed by atoms with van der Waals surface area (Å²) in [7, 11) is 0. The van der Waals surface area contributed by atoms with Gasteiger partial charge >= 0.3 is 0 Å². The van der Waals surface area contributed by atoms with Gasteiger partial charge in [0.2, 0.25) is 5.91 Å². The number of hydrogen-bond donors (Lipinski definition) is 2. The highest BCUT2D eigenvalue weighted by molar-refractivity contribution is 8.00. The number of nitrogens with two attached hydrogens (primary N) is 1. The first-order valence-electron chi connectivity index (χ1n) is 6.86. The Balaban J connectivity index is 2.02. The molecule has 1 amide bonds. The minimum atomic E-state index is -0.0595. The first kappa shape index (κ1) is 14.4. The lowest BCUT2D eigenvalue weighted by Crippen LogP contribution is -2.41. The Morgan fingerprint density at radius 3 is 2.53 bits per heavy atom. The average Bonchev–Trinajstić information content (AvgIpc) is 2.88. The van der Waals surface area contributed by atoms with Crippen LogP contribution in [0.4, 0.5) is 0 Å². The molecule has 0 spiro atoms. The highest BCUT2D eigenvalue weighted by Crippen LogP contribution is 2.44. The number of thioether (sulfide) groups is 1. The highest BCUT2D eigenvalue weighted by atomic mass is 32.2. The number of carbonyl (C=O) groups is 1. The molecule has 0 unspecified atom stereocenters. The van der Waals surface area contributed by atoms with Crippen molar-refractivity contribution in [3.8, 4) is 0 Å². The van der Waals surface area contributed by atoms with E-state index in [1.54, 1.807) is 0 Å². The molecule has 1 aliphatic carbocycles. The van der Waals surface area contributed by atoms with Gasteiger partial charge in [-0.05, 0) is 31.9 Å². The van der Waals surface area contributed by atoms with Gasteiger partial charge in [-0.25, -0.2) is 0 Å². The molecule has 1 aromatic rings. The Labute approximate surface area is 119 Å². The van der Waals surface area contributed by atoms with Crippen molar-refractivity contribution in [2.24, 2.45) is 5.73 Å². The largest absolute Gasteiger partial charge is 0.354 e. The van der Waals surface area contributed by atoms with Gasteiger partial charge in [-0.2, -0.15) is 0 Å². The molecule has 0 saturated heterocycles. The molecule has 0 bridgehead atoms. The summed E-state index contributed by atoms with van der Waals surface area (Å²) in [4.78, 5) is 12.6. The minimum Gasteiger partial charge on any atom is -0.354 e. The van der Waals surface area contributed by atoms with Crippen LogP contribution in [0.5, 0.6) is 0 Å². The van der Waals surface area contributed by atoms with E-state index in [0.717, 1.165) is 19.4 Å². The van der Waals surface area contributed by atoms with Crippen LogP contribution in [-0.4, -0.2) is 23.7 Å². The normalized spacial score (nSPS) is 17.4. The molecular formula is C15H22N2OS. The van der Waals surface area contributed by atoms with Crippen LogP contribution >= 0.6 is 11.8 Å². The molecule has 0 radical (unpaired) electrons. The second-order valence-electron chi connectivity index (χ2n) is 5.29. The second-order valence-corrected chi connectivity index (χ2v) is 6.83. The first-order valence-corrected chi connectivity index (χ1v) is 7.68. The van der Waals surface area contributed by atoms with Gasteiger partial charge in [-0.1, -0.05) is 30.5 Å². The number of benzene rings is 1. The molecule has 1 saturated carbocycles. The van der Waals surface area contributed by atoms with Gasteiger partial charge in [-0.3, -0.25) is 4.79 Å². The fourth-order valence-corrected chi connectivity index (χ4v) is 3.93. The zero-order chi connectivity index (χ0) is 13.7. The lowest BCUT2D eigenvalue weighted by Gasteiger charge is -2.28. The summed E-state index contributed by atoms with van der Waals surface area (Å²) in [6.45, 7) is 2.90. The molecule has 104 valence electrons. The van der Waals surface area contributed by atoms with Gasteiger partial charge < -0.3 is 11.1 Å². The molecular weight excluding hydrogens is 256 g/mol. The number of carbonyl (C=O) groups excluding carboxylic acids is 1. The zero-order valence-corrected chi connectivity index (χ0v) is 12.3. The van der Waals surface area contributed by atoms with E-state index in [2.05, 4.69) is 36.5 Å². The van der Waals surface area contributed by atoms with Crippen LogP contribution in [0.2, 0.25) is 0 Å². The predicted molar refractivity (Wildman–Crippen MR) is 80.3 cm³/mol. The van der Waals surface area contributed by atoms with Crippen LogP contribution in [-0.2, 0) is 4.79 Å². The highest BCUT2D eigenvalue weighted by Gasteiger charge is 2.35. The SMILES string of the molecule is Cc1ccc(SC2(CNC(=O)CN)CCCC2)cc1. The average molecular weight is 278 g/mol. The minimum absolute atomic E-state index is 0.0595. The van der Waals surface area contributed by atoms with Crippen LogP contribution in [0.1, 0.15) is 31.2 Å². The third kappa shape index (κ3) is 3.98. The molecule has 3 N–H and O–H groups in total. The fourth-order valence-electron chi connectivity index (χ4n) is 2.52. The predicted octanol–water partition coefficient (Wildman–Crippen LogP) is 2.47. The molecule has 4 heteroatoms. The molecule has 0 aromatic heterocycles. The lowest BCUT2D eigenvalue weighted by molar-refractivity contribution is -0.119. The van der Waals surface area contributed by atoms with Crippen molar-refractivity contribution in [3.63, 3.8) is 0 Å². The third-order valence-corrected chi connectivity index (χ3v) is 5.16. The molecule has 0 aliphatic heterocycles. The maximum absolute atomic E-state index is 11.4. The van der Waals surface area contributed by atoms with Crippen molar-refractivity contribution >= 4 is 17.7 Å². The Bertz CT molecular complexity index is 424. The van der Waals surface area contributed by atoms with Gasteiger partial charge in [-0.15, -0.1) is 11.8 Å². The summed E-state index contributed by atoms with van der Waals surface area (Å²) < 4.78 is 0.153. The van der Waals surface area contributed by atoms with E-state index >= 15 is 0 Å². The number of nitrogens with one attached hydrogen (secondary N) is 1. The maximum Gasteiger partial charge on any atom is 0.233 e. The summed E-state index contributed by atoms with van der Waals surface area (Å²) >= 11 is 1.90. The van der Waals surface area contributed by atoms with Crippen molar-refractivity contribution in [2.45, 2.75) is 42.2 Å². The number of rotatable bonds is 5. The monoisotopic (exact) mass is 278 g/mol. The van der Waals surface area contributed by atoms with Crippen molar-refractivity contribution in [1.29, 1.82) is 0 Å². The number of hydrogen-bond acceptors (Lipinski definition) is 3. The molecule has 1 aromatic carbocycles. The molecule has 0 atom stereocenters. The summed E-state index contributed by atoms with van der Waals surface area (Å²) in [5.41, 5.74) is 6.63. The summed E-state index contributed by atoms with van der Waals surface area (Å²) in [5.74, 6) is -0.0595. The Kier molecular flexibility index (Phi) is 4.88. The number of amides is 1. The molecule has 3 nitrogen and oxygen atoms in total. The third-order valence-electron chi connectivity index (χ3n) is 3.66. The standard InChI is InChI=1S/C15H22N2OS/c1-12-4-6-13(7-5-12)19-15(8-2-3-9-15)11-17-14(18)10-16/h4-7H,2-3,8-11,16H2,1H3,(H,17,18). The van der Waals surface area contributed by atoms with E-state index in [9.17, 15) is 4.79 Å². The van der Waals surface area contributed by atoms with Gasteiger partial charge in [0.15, 0.2) is 0 Å². The smallest absolute Gasteiger partial charge is 0.233 e. The van der Waals surface area contributed by atoms with E-state index < -0.39 is 0 Å². The van der Waals surface area contributed by atoms with Crippen LogP contribution in [0.25, 0.3) is 0 Å². The van der Waals surface area contributed by atoms with E-state index in [0.29, 0.717) is 0 Å². The van der Waals surface area contributed by atoms with Crippen LogP contribution in [0.15, 0.2) is 29.2 Å². The first-order chi connectivity index (χ1) is 9.13. The molecule has 0 heterocycles. The number of aryl methyl sites for hydroxylation is 1. The van der Waals surface area contributed by atoms with E-state index in [4.69, 9.17) is 5.73 Å². The zero-order valence-electron chi connectivity index (χ0n) is 11.4. The molecule has 1 fully saturated rings.